The molecule has 168 valence electrons. The zero-order chi connectivity index (χ0) is 22.4. The molecule has 10 nitrogen and oxygen atoms in total. The van der Waals surface area contributed by atoms with E-state index in [1.807, 2.05) is 32.9 Å². The number of hydrogen-bond acceptors (Lipinski definition) is 9. The Kier molecular flexibility index (Phi) is 7.09. The quantitative estimate of drug-likeness (QED) is 0.669. The molecule has 2 aromatic rings. The van der Waals surface area contributed by atoms with E-state index in [2.05, 4.69) is 37.3 Å². The van der Waals surface area contributed by atoms with Gasteiger partial charge in [0.25, 0.3) is 0 Å². The minimum atomic E-state index is -0.495. The Morgan fingerprint density at radius 2 is 1.94 bits per heavy atom. The van der Waals surface area contributed by atoms with Gasteiger partial charge in [-0.25, -0.2) is 9.78 Å². The molecule has 0 radical (unpaired) electrons. The van der Waals surface area contributed by atoms with Crippen LogP contribution in [0.1, 0.15) is 40.5 Å². The van der Waals surface area contributed by atoms with Crippen LogP contribution in [0.25, 0.3) is 11.3 Å². The van der Waals surface area contributed by atoms with E-state index in [-0.39, 0.29) is 6.09 Å². The first-order chi connectivity index (χ1) is 14.8. The largest absolute Gasteiger partial charge is 0.444 e. The van der Waals surface area contributed by atoms with Gasteiger partial charge in [-0.05, 0) is 39.3 Å². The van der Waals surface area contributed by atoms with Crippen LogP contribution < -0.4 is 16.0 Å². The third-order valence-electron chi connectivity index (χ3n) is 4.81. The van der Waals surface area contributed by atoms with Crippen molar-refractivity contribution in [2.24, 2.45) is 0 Å². The standard InChI is InChI=1S/C21H32N8O2/c1-5-6-9-23-19-24-14-15(18(22)25-19)16-7-8-17(27-26-16)28-10-12-29(13-11-28)20(30)31-21(2,3)4/h7-8,14H,5-6,9-13H2,1-4H3,(H3,22,23,24,25). The summed E-state index contributed by atoms with van der Waals surface area (Å²) in [6, 6.07) is 3.76. The van der Waals surface area contributed by atoms with E-state index in [0.717, 1.165) is 25.2 Å². The lowest BCUT2D eigenvalue weighted by atomic mass is 10.2. The molecule has 1 aliphatic heterocycles. The molecule has 0 aromatic carbocycles. The molecule has 0 atom stereocenters. The molecule has 3 rings (SSSR count). The van der Waals surface area contributed by atoms with Crippen molar-refractivity contribution in [1.82, 2.24) is 25.1 Å². The summed E-state index contributed by atoms with van der Waals surface area (Å²) in [6.07, 6.45) is 3.53. The van der Waals surface area contributed by atoms with E-state index >= 15 is 0 Å². The number of carbonyl (C=O) groups is 1. The van der Waals surface area contributed by atoms with Crippen LogP contribution >= 0.6 is 0 Å². The summed E-state index contributed by atoms with van der Waals surface area (Å²) in [5.74, 6) is 1.63. The summed E-state index contributed by atoms with van der Waals surface area (Å²) in [5.41, 5.74) is 6.88. The molecular formula is C21H32N8O2. The first-order valence-electron chi connectivity index (χ1n) is 10.7. The lowest BCUT2D eigenvalue weighted by Crippen LogP contribution is -2.50. The number of nitrogen functional groups attached to an aromatic ring is 1. The molecule has 10 heteroatoms. The summed E-state index contributed by atoms with van der Waals surface area (Å²) in [5, 5.41) is 11.8. The molecule has 2 aromatic heterocycles. The van der Waals surface area contributed by atoms with Crippen LogP contribution in [0.15, 0.2) is 18.3 Å². The predicted molar refractivity (Wildman–Crippen MR) is 121 cm³/mol. The van der Waals surface area contributed by atoms with E-state index in [9.17, 15) is 4.79 Å². The van der Waals surface area contributed by atoms with Crippen molar-refractivity contribution in [3.8, 4) is 11.3 Å². The van der Waals surface area contributed by atoms with Crippen LogP contribution in [0.3, 0.4) is 0 Å². The molecule has 31 heavy (non-hydrogen) atoms. The minimum Gasteiger partial charge on any atom is -0.444 e. The first-order valence-corrected chi connectivity index (χ1v) is 10.7. The van der Waals surface area contributed by atoms with Gasteiger partial charge < -0.3 is 25.6 Å². The van der Waals surface area contributed by atoms with Crippen molar-refractivity contribution in [2.45, 2.75) is 46.1 Å². The molecule has 0 unspecified atom stereocenters. The SMILES string of the molecule is CCCCNc1ncc(-c2ccc(N3CCN(C(=O)OC(C)(C)C)CC3)nn2)c(N)n1. The fourth-order valence-electron chi connectivity index (χ4n) is 3.14. The van der Waals surface area contributed by atoms with E-state index < -0.39 is 5.60 Å². The van der Waals surface area contributed by atoms with Gasteiger partial charge in [0.15, 0.2) is 5.82 Å². The smallest absolute Gasteiger partial charge is 0.410 e. The molecule has 1 amide bonds. The maximum absolute atomic E-state index is 12.2. The number of aromatic nitrogens is 4. The number of ether oxygens (including phenoxy) is 1. The Morgan fingerprint density at radius 3 is 2.52 bits per heavy atom. The number of piperazine rings is 1. The number of hydrogen-bond donors (Lipinski definition) is 2. The van der Waals surface area contributed by atoms with Crippen molar-refractivity contribution in [2.75, 3.05) is 48.7 Å². The normalized spacial score (nSPS) is 14.5. The van der Waals surface area contributed by atoms with Crippen LogP contribution in [0.5, 0.6) is 0 Å². The van der Waals surface area contributed by atoms with Gasteiger partial charge in [-0.1, -0.05) is 13.3 Å². The van der Waals surface area contributed by atoms with Crippen LogP contribution in [0.2, 0.25) is 0 Å². The Balaban J connectivity index is 1.59. The molecule has 0 aliphatic carbocycles. The molecule has 0 saturated carbocycles. The van der Waals surface area contributed by atoms with Gasteiger partial charge in [-0.3, -0.25) is 0 Å². The molecule has 0 bridgehead atoms. The molecule has 1 saturated heterocycles. The zero-order valence-corrected chi connectivity index (χ0v) is 18.8. The number of anilines is 3. The second kappa shape index (κ2) is 9.76. The van der Waals surface area contributed by atoms with Gasteiger partial charge in [-0.15, -0.1) is 10.2 Å². The average Bonchev–Trinajstić information content (AvgIpc) is 2.73. The lowest BCUT2D eigenvalue weighted by Gasteiger charge is -2.35. The van der Waals surface area contributed by atoms with Gasteiger partial charge in [0.05, 0.1) is 11.3 Å². The highest BCUT2D eigenvalue weighted by molar-refractivity contribution is 5.71. The highest BCUT2D eigenvalue weighted by Crippen LogP contribution is 2.24. The zero-order valence-electron chi connectivity index (χ0n) is 18.8. The Bertz CT molecular complexity index is 874. The number of amides is 1. The van der Waals surface area contributed by atoms with Crippen molar-refractivity contribution >= 4 is 23.7 Å². The third kappa shape index (κ3) is 6.16. The second-order valence-corrected chi connectivity index (χ2v) is 8.50. The fraction of sp³-hybridized carbons (Fsp3) is 0.571. The topological polar surface area (TPSA) is 122 Å². The number of nitrogens with zero attached hydrogens (tertiary/aromatic N) is 6. The number of carbonyl (C=O) groups excluding carboxylic acids is 1. The molecule has 0 spiro atoms. The van der Waals surface area contributed by atoms with Crippen LogP contribution in [0, 0.1) is 0 Å². The molecule has 3 N–H and O–H groups in total. The van der Waals surface area contributed by atoms with Crippen molar-refractivity contribution in [3.05, 3.63) is 18.3 Å². The summed E-state index contributed by atoms with van der Waals surface area (Å²) in [4.78, 5) is 24.7. The fourth-order valence-corrected chi connectivity index (χ4v) is 3.14. The summed E-state index contributed by atoms with van der Waals surface area (Å²) < 4.78 is 5.44. The second-order valence-electron chi connectivity index (χ2n) is 8.50. The number of nitrogens with one attached hydrogen (secondary N) is 1. The Labute approximate surface area is 183 Å². The van der Waals surface area contributed by atoms with Gasteiger partial charge in [0.1, 0.15) is 11.4 Å². The Morgan fingerprint density at radius 1 is 1.19 bits per heavy atom. The molecule has 3 heterocycles. The van der Waals surface area contributed by atoms with Gasteiger partial charge in [-0.2, -0.15) is 4.98 Å². The monoisotopic (exact) mass is 428 g/mol. The number of nitrogens with two attached hydrogens (primary N) is 1. The van der Waals surface area contributed by atoms with E-state index in [0.29, 0.717) is 49.2 Å². The predicted octanol–water partition coefficient (Wildman–Crippen LogP) is 2.78. The van der Waals surface area contributed by atoms with Gasteiger partial charge in [0, 0.05) is 38.9 Å². The number of unbranched alkanes of at least 4 members (excludes halogenated alkanes) is 1. The van der Waals surface area contributed by atoms with E-state index in [4.69, 9.17) is 10.5 Å². The first kappa shape index (κ1) is 22.5. The van der Waals surface area contributed by atoms with E-state index in [1.165, 1.54) is 0 Å². The minimum absolute atomic E-state index is 0.281. The van der Waals surface area contributed by atoms with Crippen molar-refractivity contribution in [1.29, 1.82) is 0 Å². The van der Waals surface area contributed by atoms with Crippen LogP contribution in [0.4, 0.5) is 22.4 Å². The number of rotatable bonds is 6. The Hall–Kier alpha value is -3.17. The van der Waals surface area contributed by atoms with Crippen LogP contribution in [-0.4, -0.2) is 69.5 Å². The van der Waals surface area contributed by atoms with Crippen molar-refractivity contribution in [3.63, 3.8) is 0 Å². The summed E-state index contributed by atoms with van der Waals surface area (Å²) in [6.45, 7) is 11.0. The summed E-state index contributed by atoms with van der Waals surface area (Å²) in [7, 11) is 0. The summed E-state index contributed by atoms with van der Waals surface area (Å²) >= 11 is 0. The third-order valence-corrected chi connectivity index (χ3v) is 4.81. The highest BCUT2D eigenvalue weighted by Gasteiger charge is 2.26. The molecule has 1 fully saturated rings. The van der Waals surface area contributed by atoms with Gasteiger partial charge in [0.2, 0.25) is 5.95 Å². The van der Waals surface area contributed by atoms with E-state index in [1.54, 1.807) is 11.1 Å². The highest BCUT2D eigenvalue weighted by atomic mass is 16.6. The van der Waals surface area contributed by atoms with Crippen LogP contribution in [-0.2, 0) is 4.74 Å². The van der Waals surface area contributed by atoms with Gasteiger partial charge >= 0.3 is 6.09 Å². The molecule has 1 aliphatic rings. The molecular weight excluding hydrogens is 396 g/mol. The lowest BCUT2D eigenvalue weighted by molar-refractivity contribution is 0.0240. The van der Waals surface area contributed by atoms with Crippen molar-refractivity contribution < 1.29 is 9.53 Å². The maximum Gasteiger partial charge on any atom is 0.410 e. The average molecular weight is 429 g/mol. The maximum atomic E-state index is 12.2.